The number of nitrogens with one attached hydrogen (secondary N) is 1. The lowest BCUT2D eigenvalue weighted by Crippen LogP contribution is -2.49. The first-order valence-electron chi connectivity index (χ1n) is 9.92. The molecule has 0 amide bonds. The van der Waals surface area contributed by atoms with Crippen LogP contribution in [0.3, 0.4) is 0 Å². The van der Waals surface area contributed by atoms with E-state index in [-0.39, 0.29) is 17.3 Å². The summed E-state index contributed by atoms with van der Waals surface area (Å²) in [5.74, 6) is 0.676. The molecule has 1 unspecified atom stereocenters. The average molecular weight is 404 g/mol. The van der Waals surface area contributed by atoms with Crippen molar-refractivity contribution < 1.29 is 9.13 Å². The Kier molecular flexibility index (Phi) is 5.76. The SMILES string of the molecule is NCC1(Cc2ccc(F)cc2)CCN(CC2CNc3cc(Cl)ccc3O2)CC1. The Balaban J connectivity index is 1.32. The molecule has 1 saturated heterocycles. The highest BCUT2D eigenvalue weighted by Gasteiger charge is 2.34. The van der Waals surface area contributed by atoms with Crippen LogP contribution in [0.25, 0.3) is 0 Å². The third-order valence-corrected chi connectivity index (χ3v) is 6.29. The zero-order valence-corrected chi connectivity index (χ0v) is 16.7. The van der Waals surface area contributed by atoms with Gasteiger partial charge in [0, 0.05) is 11.6 Å². The lowest BCUT2D eigenvalue weighted by atomic mass is 9.74. The molecule has 28 heavy (non-hydrogen) atoms. The van der Waals surface area contributed by atoms with Crippen LogP contribution in [-0.2, 0) is 6.42 Å². The van der Waals surface area contributed by atoms with E-state index in [1.165, 1.54) is 12.1 Å². The monoisotopic (exact) mass is 403 g/mol. The second-order valence-electron chi connectivity index (χ2n) is 8.07. The molecule has 2 aromatic rings. The zero-order valence-electron chi connectivity index (χ0n) is 16.0. The van der Waals surface area contributed by atoms with Crippen molar-refractivity contribution in [2.24, 2.45) is 11.1 Å². The van der Waals surface area contributed by atoms with Gasteiger partial charge in [-0.2, -0.15) is 0 Å². The number of piperidine rings is 1. The van der Waals surface area contributed by atoms with Crippen molar-refractivity contribution in [2.45, 2.75) is 25.4 Å². The molecule has 1 fully saturated rings. The molecule has 150 valence electrons. The first-order chi connectivity index (χ1) is 13.5. The third-order valence-electron chi connectivity index (χ3n) is 6.06. The molecule has 2 aromatic carbocycles. The second-order valence-corrected chi connectivity index (χ2v) is 8.51. The highest BCUT2D eigenvalue weighted by atomic mass is 35.5. The quantitative estimate of drug-likeness (QED) is 0.794. The van der Waals surface area contributed by atoms with Crippen LogP contribution in [0.1, 0.15) is 18.4 Å². The summed E-state index contributed by atoms with van der Waals surface area (Å²) in [5, 5.41) is 4.13. The standard InChI is InChI=1S/C22H27ClFN3O/c23-17-3-6-21-20(11-17)26-13-19(28-21)14-27-9-7-22(15-25,8-10-27)12-16-1-4-18(24)5-2-16/h1-6,11,19,26H,7-10,12-15,25H2. The minimum absolute atomic E-state index is 0.101. The second kappa shape index (κ2) is 8.27. The van der Waals surface area contributed by atoms with Crippen molar-refractivity contribution in [3.8, 4) is 5.75 Å². The van der Waals surface area contributed by atoms with E-state index in [9.17, 15) is 4.39 Å². The molecule has 4 nitrogen and oxygen atoms in total. The van der Waals surface area contributed by atoms with Gasteiger partial charge in [0.25, 0.3) is 0 Å². The Labute approximate surface area is 170 Å². The lowest BCUT2D eigenvalue weighted by molar-refractivity contribution is 0.0718. The number of halogens is 2. The number of hydrogen-bond donors (Lipinski definition) is 2. The summed E-state index contributed by atoms with van der Waals surface area (Å²) in [6.07, 6.45) is 3.13. The largest absolute Gasteiger partial charge is 0.485 e. The number of likely N-dealkylation sites (tertiary alicyclic amines) is 1. The summed E-state index contributed by atoms with van der Waals surface area (Å²) in [6.45, 7) is 4.35. The van der Waals surface area contributed by atoms with Crippen LogP contribution in [0, 0.1) is 11.2 Å². The van der Waals surface area contributed by atoms with Crippen LogP contribution in [-0.4, -0.2) is 43.7 Å². The fraction of sp³-hybridized carbons (Fsp3) is 0.455. The number of benzene rings is 2. The fourth-order valence-electron chi connectivity index (χ4n) is 4.28. The first kappa shape index (κ1) is 19.5. The molecular weight excluding hydrogens is 377 g/mol. The van der Waals surface area contributed by atoms with Crippen LogP contribution < -0.4 is 15.8 Å². The molecule has 0 aromatic heterocycles. The molecule has 2 heterocycles. The highest BCUT2D eigenvalue weighted by molar-refractivity contribution is 6.30. The molecule has 0 spiro atoms. The third kappa shape index (κ3) is 4.43. The van der Waals surface area contributed by atoms with Gasteiger partial charge in [0.15, 0.2) is 0 Å². The Morgan fingerprint density at radius 1 is 1.18 bits per heavy atom. The Hall–Kier alpha value is -1.82. The molecule has 1 atom stereocenters. The first-order valence-corrected chi connectivity index (χ1v) is 10.3. The lowest BCUT2D eigenvalue weighted by Gasteiger charge is -2.42. The molecule has 3 N–H and O–H groups in total. The number of anilines is 1. The maximum absolute atomic E-state index is 13.2. The van der Waals surface area contributed by atoms with Gasteiger partial charge in [-0.25, -0.2) is 4.39 Å². The molecule has 2 aliphatic rings. The predicted octanol–water partition coefficient (Wildman–Crippen LogP) is 3.94. The van der Waals surface area contributed by atoms with Gasteiger partial charge < -0.3 is 15.8 Å². The highest BCUT2D eigenvalue weighted by Crippen LogP contribution is 2.35. The van der Waals surface area contributed by atoms with Crippen molar-refractivity contribution in [1.82, 2.24) is 4.90 Å². The van der Waals surface area contributed by atoms with Crippen LogP contribution in [0.15, 0.2) is 42.5 Å². The molecule has 0 saturated carbocycles. The number of rotatable bonds is 5. The molecule has 2 aliphatic heterocycles. The number of nitrogens with two attached hydrogens (primary N) is 1. The van der Waals surface area contributed by atoms with E-state index >= 15 is 0 Å². The van der Waals surface area contributed by atoms with Crippen molar-refractivity contribution in [3.05, 3.63) is 58.9 Å². The fourth-order valence-corrected chi connectivity index (χ4v) is 4.45. The summed E-state index contributed by atoms with van der Waals surface area (Å²) >= 11 is 6.04. The van der Waals surface area contributed by atoms with Gasteiger partial charge in [-0.05, 0) is 80.2 Å². The van der Waals surface area contributed by atoms with E-state index in [0.29, 0.717) is 11.6 Å². The summed E-state index contributed by atoms with van der Waals surface area (Å²) in [6, 6.07) is 12.5. The Morgan fingerprint density at radius 2 is 1.93 bits per heavy atom. The van der Waals surface area contributed by atoms with Gasteiger partial charge in [-0.3, -0.25) is 4.90 Å². The summed E-state index contributed by atoms with van der Waals surface area (Å²) in [4.78, 5) is 2.46. The van der Waals surface area contributed by atoms with Crippen molar-refractivity contribution >= 4 is 17.3 Å². The van der Waals surface area contributed by atoms with E-state index < -0.39 is 0 Å². The Bertz CT molecular complexity index is 806. The van der Waals surface area contributed by atoms with Gasteiger partial charge in [0.2, 0.25) is 0 Å². The van der Waals surface area contributed by atoms with Gasteiger partial charge >= 0.3 is 0 Å². The zero-order chi connectivity index (χ0) is 19.6. The summed E-state index contributed by atoms with van der Waals surface area (Å²) < 4.78 is 19.3. The van der Waals surface area contributed by atoms with Crippen molar-refractivity contribution in [3.63, 3.8) is 0 Å². The van der Waals surface area contributed by atoms with Gasteiger partial charge in [0.05, 0.1) is 12.2 Å². The van der Waals surface area contributed by atoms with E-state index in [4.69, 9.17) is 22.1 Å². The van der Waals surface area contributed by atoms with E-state index in [1.807, 2.05) is 30.3 Å². The molecular formula is C22H27ClFN3O. The van der Waals surface area contributed by atoms with E-state index in [2.05, 4.69) is 10.2 Å². The summed E-state index contributed by atoms with van der Waals surface area (Å²) in [5.41, 5.74) is 8.40. The maximum atomic E-state index is 13.2. The number of nitrogens with zero attached hydrogens (tertiary/aromatic N) is 1. The normalized spacial score (nSPS) is 21.5. The van der Waals surface area contributed by atoms with Crippen LogP contribution in [0.2, 0.25) is 5.02 Å². The topological polar surface area (TPSA) is 50.5 Å². The molecule has 4 rings (SSSR count). The molecule has 6 heteroatoms. The van der Waals surface area contributed by atoms with Crippen LogP contribution in [0.5, 0.6) is 5.75 Å². The number of ether oxygens (including phenoxy) is 1. The summed E-state index contributed by atoms with van der Waals surface area (Å²) in [7, 11) is 0. The van der Waals surface area contributed by atoms with Gasteiger partial charge in [-0.1, -0.05) is 23.7 Å². The van der Waals surface area contributed by atoms with E-state index in [1.54, 1.807) is 0 Å². The minimum Gasteiger partial charge on any atom is -0.485 e. The predicted molar refractivity (Wildman–Crippen MR) is 112 cm³/mol. The average Bonchev–Trinajstić information content (AvgIpc) is 2.71. The van der Waals surface area contributed by atoms with Crippen molar-refractivity contribution in [1.29, 1.82) is 0 Å². The smallest absolute Gasteiger partial charge is 0.143 e. The number of hydrogen-bond acceptors (Lipinski definition) is 4. The van der Waals surface area contributed by atoms with Crippen LogP contribution >= 0.6 is 11.6 Å². The molecule has 0 radical (unpaired) electrons. The molecule has 0 aliphatic carbocycles. The Morgan fingerprint density at radius 3 is 2.64 bits per heavy atom. The van der Waals surface area contributed by atoms with Gasteiger partial charge in [-0.15, -0.1) is 0 Å². The van der Waals surface area contributed by atoms with Crippen molar-refractivity contribution in [2.75, 3.05) is 38.0 Å². The van der Waals surface area contributed by atoms with Gasteiger partial charge in [0.1, 0.15) is 17.7 Å². The van der Waals surface area contributed by atoms with E-state index in [0.717, 1.165) is 62.4 Å². The maximum Gasteiger partial charge on any atom is 0.143 e. The van der Waals surface area contributed by atoms with Crippen LogP contribution in [0.4, 0.5) is 10.1 Å². The number of fused-ring (bicyclic) bond motifs is 1. The molecule has 0 bridgehead atoms. The minimum atomic E-state index is -0.190.